The number of benzene rings is 1. The second kappa shape index (κ2) is 7.35. The first kappa shape index (κ1) is 14.1. The minimum absolute atomic E-state index is 0.0173. The Bertz CT molecular complexity index is 540. The predicted molar refractivity (Wildman–Crippen MR) is 79.3 cm³/mol. The van der Waals surface area contributed by atoms with Gasteiger partial charge in [0.05, 0.1) is 18.1 Å². The molecule has 0 aliphatic carbocycles. The van der Waals surface area contributed by atoms with Gasteiger partial charge in [-0.15, -0.1) is 0 Å². The lowest BCUT2D eigenvalue weighted by molar-refractivity contribution is -0.116. The van der Waals surface area contributed by atoms with Crippen molar-refractivity contribution >= 4 is 11.6 Å². The van der Waals surface area contributed by atoms with E-state index in [1.54, 1.807) is 12.4 Å². The molecule has 0 unspecified atom stereocenters. The Kier molecular flexibility index (Phi) is 5.20. The first-order valence-corrected chi connectivity index (χ1v) is 6.61. The lowest BCUT2D eigenvalue weighted by Crippen LogP contribution is -2.15. The number of anilines is 1. The molecule has 0 spiro atoms. The molecule has 1 heterocycles. The Hall–Kier alpha value is -2.27. The third-order valence-corrected chi connectivity index (χ3v) is 2.80. The Morgan fingerprint density at radius 3 is 2.50 bits per heavy atom. The van der Waals surface area contributed by atoms with E-state index in [1.165, 1.54) is 0 Å². The second-order valence-corrected chi connectivity index (χ2v) is 4.42. The first-order valence-electron chi connectivity index (χ1n) is 6.61. The molecule has 1 aromatic heterocycles. The third-order valence-electron chi connectivity index (χ3n) is 2.80. The highest BCUT2D eigenvalue weighted by Gasteiger charge is 2.04. The smallest absolute Gasteiger partial charge is 0.224 e. The van der Waals surface area contributed by atoms with Gasteiger partial charge in [-0.2, -0.15) is 0 Å². The van der Waals surface area contributed by atoms with Crippen LogP contribution in [0.2, 0.25) is 0 Å². The summed E-state index contributed by atoms with van der Waals surface area (Å²) in [6, 6.07) is 9.73. The number of amides is 1. The van der Waals surface area contributed by atoms with Crippen LogP contribution in [0, 0.1) is 0 Å². The number of carbonyl (C=O) groups excluding carboxylic acids is 1. The number of aromatic nitrogens is 2. The van der Waals surface area contributed by atoms with E-state index in [0.717, 1.165) is 18.5 Å². The van der Waals surface area contributed by atoms with E-state index >= 15 is 0 Å². The Morgan fingerprint density at radius 2 is 1.85 bits per heavy atom. The maximum absolute atomic E-state index is 11.6. The number of nitrogens with zero attached hydrogens (tertiary/aromatic N) is 2. The van der Waals surface area contributed by atoms with Crippen LogP contribution in [0.25, 0.3) is 11.4 Å². The molecular weight excluding hydrogens is 252 g/mol. The van der Waals surface area contributed by atoms with Crippen LogP contribution >= 0.6 is 0 Å². The lowest BCUT2D eigenvalue weighted by Gasteiger charge is -2.05. The highest BCUT2D eigenvalue weighted by Crippen LogP contribution is 2.14. The molecule has 2 rings (SSSR count). The van der Waals surface area contributed by atoms with Gasteiger partial charge in [0.1, 0.15) is 0 Å². The van der Waals surface area contributed by atoms with Crippen LogP contribution in [0.4, 0.5) is 5.69 Å². The van der Waals surface area contributed by atoms with Crippen LogP contribution in [0.15, 0.2) is 42.7 Å². The van der Waals surface area contributed by atoms with Gasteiger partial charge in [-0.05, 0) is 20.0 Å². The number of hydrogen-bond acceptors (Lipinski definition) is 4. The minimum Gasteiger partial charge on any atom is -0.323 e. The van der Waals surface area contributed by atoms with Crippen LogP contribution in [0.5, 0.6) is 0 Å². The SMILES string of the molecule is CNCCCC(=O)Nc1cnc(-c2ccccc2)nc1. The van der Waals surface area contributed by atoms with Gasteiger partial charge in [-0.3, -0.25) is 4.79 Å². The summed E-state index contributed by atoms with van der Waals surface area (Å²) in [6.07, 6.45) is 4.56. The molecule has 5 heteroatoms. The van der Waals surface area contributed by atoms with Crippen LogP contribution in [-0.4, -0.2) is 29.5 Å². The molecule has 2 N–H and O–H groups in total. The van der Waals surface area contributed by atoms with Crippen molar-refractivity contribution in [3.05, 3.63) is 42.7 Å². The number of carbonyl (C=O) groups is 1. The maximum Gasteiger partial charge on any atom is 0.224 e. The molecule has 20 heavy (non-hydrogen) atoms. The van der Waals surface area contributed by atoms with Gasteiger partial charge in [0, 0.05) is 12.0 Å². The summed E-state index contributed by atoms with van der Waals surface area (Å²) in [5.74, 6) is 0.634. The van der Waals surface area contributed by atoms with Gasteiger partial charge < -0.3 is 10.6 Å². The van der Waals surface area contributed by atoms with E-state index < -0.39 is 0 Å². The van der Waals surface area contributed by atoms with Gasteiger partial charge in [0.2, 0.25) is 5.91 Å². The average Bonchev–Trinajstić information content (AvgIpc) is 2.49. The lowest BCUT2D eigenvalue weighted by atomic mass is 10.2. The van der Waals surface area contributed by atoms with Crippen molar-refractivity contribution in [2.75, 3.05) is 18.9 Å². The summed E-state index contributed by atoms with van der Waals surface area (Å²) >= 11 is 0. The van der Waals surface area contributed by atoms with Crippen molar-refractivity contribution in [1.29, 1.82) is 0 Å². The molecule has 0 saturated heterocycles. The monoisotopic (exact) mass is 270 g/mol. The van der Waals surface area contributed by atoms with E-state index in [4.69, 9.17) is 0 Å². The topological polar surface area (TPSA) is 66.9 Å². The third kappa shape index (κ3) is 4.13. The molecule has 104 valence electrons. The van der Waals surface area contributed by atoms with Crippen molar-refractivity contribution in [3.63, 3.8) is 0 Å². The Labute approximate surface area is 118 Å². The number of nitrogens with one attached hydrogen (secondary N) is 2. The van der Waals surface area contributed by atoms with E-state index in [2.05, 4.69) is 20.6 Å². The summed E-state index contributed by atoms with van der Waals surface area (Å²) in [6.45, 7) is 0.830. The molecule has 0 aliphatic rings. The van der Waals surface area contributed by atoms with E-state index in [9.17, 15) is 4.79 Å². The zero-order valence-electron chi connectivity index (χ0n) is 11.5. The summed E-state index contributed by atoms with van der Waals surface area (Å²) in [4.78, 5) is 20.2. The molecular formula is C15H18N4O. The number of hydrogen-bond donors (Lipinski definition) is 2. The molecule has 0 fully saturated rings. The zero-order valence-corrected chi connectivity index (χ0v) is 11.5. The molecule has 1 aromatic carbocycles. The van der Waals surface area contributed by atoms with Gasteiger partial charge in [0.15, 0.2) is 5.82 Å². The molecule has 0 radical (unpaired) electrons. The molecule has 2 aromatic rings. The molecule has 0 bridgehead atoms. The summed E-state index contributed by atoms with van der Waals surface area (Å²) in [5, 5.41) is 5.80. The van der Waals surface area contributed by atoms with Crippen molar-refractivity contribution in [1.82, 2.24) is 15.3 Å². The quantitative estimate of drug-likeness (QED) is 0.789. The van der Waals surface area contributed by atoms with E-state index in [-0.39, 0.29) is 5.91 Å². The van der Waals surface area contributed by atoms with Crippen LogP contribution in [-0.2, 0) is 4.79 Å². The van der Waals surface area contributed by atoms with Gasteiger partial charge >= 0.3 is 0 Å². The maximum atomic E-state index is 11.6. The molecule has 0 atom stereocenters. The normalized spacial score (nSPS) is 10.2. The number of rotatable bonds is 6. The second-order valence-electron chi connectivity index (χ2n) is 4.42. The largest absolute Gasteiger partial charge is 0.323 e. The standard InChI is InChI=1S/C15H18N4O/c1-16-9-5-8-14(20)19-13-10-17-15(18-11-13)12-6-3-2-4-7-12/h2-4,6-7,10-11,16H,5,8-9H2,1H3,(H,19,20). The highest BCUT2D eigenvalue weighted by atomic mass is 16.1. The van der Waals surface area contributed by atoms with Gasteiger partial charge in [-0.1, -0.05) is 30.3 Å². The molecule has 0 aliphatic heterocycles. The average molecular weight is 270 g/mol. The van der Waals surface area contributed by atoms with Gasteiger partial charge in [-0.25, -0.2) is 9.97 Å². The highest BCUT2D eigenvalue weighted by molar-refractivity contribution is 5.90. The van der Waals surface area contributed by atoms with Crippen LogP contribution < -0.4 is 10.6 Å². The van der Waals surface area contributed by atoms with Crippen LogP contribution in [0.1, 0.15) is 12.8 Å². The minimum atomic E-state index is -0.0173. The fourth-order valence-electron chi connectivity index (χ4n) is 1.78. The van der Waals surface area contributed by atoms with E-state index in [0.29, 0.717) is 17.9 Å². The first-order chi connectivity index (χ1) is 9.79. The molecule has 1 amide bonds. The van der Waals surface area contributed by atoms with E-state index in [1.807, 2.05) is 37.4 Å². The predicted octanol–water partition coefficient (Wildman–Crippen LogP) is 2.08. The fraction of sp³-hybridized carbons (Fsp3) is 0.267. The zero-order chi connectivity index (χ0) is 14.2. The van der Waals surface area contributed by atoms with Crippen molar-refractivity contribution in [2.24, 2.45) is 0 Å². The summed E-state index contributed by atoms with van der Waals surface area (Å²) in [5.41, 5.74) is 1.58. The summed E-state index contributed by atoms with van der Waals surface area (Å²) < 4.78 is 0. The molecule has 0 saturated carbocycles. The summed E-state index contributed by atoms with van der Waals surface area (Å²) in [7, 11) is 1.87. The Morgan fingerprint density at radius 1 is 1.15 bits per heavy atom. The Balaban J connectivity index is 1.93. The van der Waals surface area contributed by atoms with Crippen molar-refractivity contribution < 1.29 is 4.79 Å². The fourth-order valence-corrected chi connectivity index (χ4v) is 1.78. The van der Waals surface area contributed by atoms with Crippen molar-refractivity contribution in [2.45, 2.75) is 12.8 Å². The van der Waals surface area contributed by atoms with Gasteiger partial charge in [0.25, 0.3) is 0 Å². The van der Waals surface area contributed by atoms with Crippen LogP contribution in [0.3, 0.4) is 0 Å². The van der Waals surface area contributed by atoms with Crippen molar-refractivity contribution in [3.8, 4) is 11.4 Å². The molecule has 5 nitrogen and oxygen atoms in total.